The van der Waals surface area contributed by atoms with Crippen LogP contribution in [0.2, 0.25) is 0 Å². The zero-order valence-electron chi connectivity index (χ0n) is 12.5. The van der Waals surface area contributed by atoms with Gasteiger partial charge in [0.1, 0.15) is 5.75 Å². The average molecular weight is 301 g/mol. The predicted octanol–water partition coefficient (Wildman–Crippen LogP) is 5.39. The summed E-state index contributed by atoms with van der Waals surface area (Å²) in [5.41, 5.74) is 0.981. The Morgan fingerprint density at radius 3 is 2.76 bits per heavy atom. The average Bonchev–Trinajstić information content (AvgIpc) is 2.53. The number of halogens is 1. The molecule has 0 radical (unpaired) electrons. The van der Waals surface area contributed by atoms with E-state index in [0.717, 1.165) is 29.7 Å². The molecule has 0 unspecified atom stereocenters. The fourth-order valence-electron chi connectivity index (χ4n) is 2.23. The molecule has 0 N–H and O–H groups in total. The van der Waals surface area contributed by atoms with E-state index in [-0.39, 0.29) is 0 Å². The first-order valence-corrected chi connectivity index (χ1v) is 8.09. The SMILES string of the molecule is CCCCCOc1ccc2ccccc2c1C#CCCCl. The number of unbranched alkanes of at least 4 members (excludes halogenated alkanes) is 2. The van der Waals surface area contributed by atoms with Crippen LogP contribution in [-0.4, -0.2) is 12.5 Å². The molecule has 0 spiro atoms. The zero-order valence-corrected chi connectivity index (χ0v) is 13.2. The molecule has 21 heavy (non-hydrogen) atoms. The third-order valence-corrected chi connectivity index (χ3v) is 3.52. The molecule has 0 bridgehead atoms. The van der Waals surface area contributed by atoms with Gasteiger partial charge in [0, 0.05) is 17.7 Å². The Labute approximate surface area is 132 Å². The fraction of sp³-hybridized carbons (Fsp3) is 0.368. The summed E-state index contributed by atoms with van der Waals surface area (Å²) in [4.78, 5) is 0. The van der Waals surface area contributed by atoms with Crippen LogP contribution >= 0.6 is 11.6 Å². The molecule has 0 aliphatic rings. The minimum Gasteiger partial charge on any atom is -0.492 e. The van der Waals surface area contributed by atoms with Crippen molar-refractivity contribution in [3.05, 3.63) is 42.0 Å². The standard InChI is InChI=1S/C19H21ClO/c1-2-3-8-15-21-19-13-12-16-9-4-5-10-17(16)18(19)11-6-7-14-20/h4-5,9-10,12-13H,2-3,7-8,14-15H2,1H3. The number of hydrogen-bond donors (Lipinski definition) is 0. The number of alkyl halides is 1. The molecule has 0 saturated carbocycles. The van der Waals surface area contributed by atoms with Gasteiger partial charge < -0.3 is 4.74 Å². The van der Waals surface area contributed by atoms with E-state index in [9.17, 15) is 0 Å². The van der Waals surface area contributed by atoms with Crippen LogP contribution in [-0.2, 0) is 0 Å². The summed E-state index contributed by atoms with van der Waals surface area (Å²) in [6, 6.07) is 12.4. The summed E-state index contributed by atoms with van der Waals surface area (Å²) in [6.07, 6.45) is 4.17. The molecule has 0 aliphatic carbocycles. The van der Waals surface area contributed by atoms with Gasteiger partial charge >= 0.3 is 0 Å². The lowest BCUT2D eigenvalue weighted by Gasteiger charge is -2.10. The summed E-state index contributed by atoms with van der Waals surface area (Å²) in [7, 11) is 0. The zero-order chi connectivity index (χ0) is 14.9. The molecular weight excluding hydrogens is 280 g/mol. The van der Waals surface area contributed by atoms with Gasteiger partial charge in [0.15, 0.2) is 0 Å². The van der Waals surface area contributed by atoms with Crippen molar-refractivity contribution in [3.8, 4) is 17.6 Å². The van der Waals surface area contributed by atoms with Gasteiger partial charge in [0.25, 0.3) is 0 Å². The highest BCUT2D eigenvalue weighted by Gasteiger charge is 2.06. The molecular formula is C19H21ClO. The van der Waals surface area contributed by atoms with Crippen molar-refractivity contribution in [2.75, 3.05) is 12.5 Å². The van der Waals surface area contributed by atoms with Crippen LogP contribution < -0.4 is 4.74 Å². The highest BCUT2D eigenvalue weighted by atomic mass is 35.5. The molecule has 0 amide bonds. The van der Waals surface area contributed by atoms with Crippen LogP contribution in [0.1, 0.15) is 38.2 Å². The summed E-state index contributed by atoms with van der Waals surface area (Å²) in [5.74, 6) is 7.80. The first-order valence-electron chi connectivity index (χ1n) is 7.56. The Bertz CT molecular complexity index is 637. The van der Waals surface area contributed by atoms with Crippen molar-refractivity contribution in [1.82, 2.24) is 0 Å². The number of ether oxygens (including phenoxy) is 1. The van der Waals surface area contributed by atoms with Crippen LogP contribution in [0.5, 0.6) is 5.75 Å². The molecule has 2 aromatic carbocycles. The lowest BCUT2D eigenvalue weighted by molar-refractivity contribution is 0.306. The highest BCUT2D eigenvalue weighted by Crippen LogP contribution is 2.27. The predicted molar refractivity (Wildman–Crippen MR) is 91.2 cm³/mol. The Morgan fingerprint density at radius 1 is 1.10 bits per heavy atom. The van der Waals surface area contributed by atoms with Crippen LogP contribution in [0.25, 0.3) is 10.8 Å². The summed E-state index contributed by atoms with van der Waals surface area (Å²) < 4.78 is 5.94. The van der Waals surface area contributed by atoms with E-state index in [1.54, 1.807) is 0 Å². The van der Waals surface area contributed by atoms with Gasteiger partial charge in [0.2, 0.25) is 0 Å². The maximum absolute atomic E-state index is 5.94. The van der Waals surface area contributed by atoms with E-state index in [2.05, 4.69) is 37.0 Å². The van der Waals surface area contributed by atoms with E-state index in [4.69, 9.17) is 16.3 Å². The summed E-state index contributed by atoms with van der Waals surface area (Å²) >= 11 is 5.71. The molecule has 1 nitrogen and oxygen atoms in total. The van der Waals surface area contributed by atoms with Crippen LogP contribution in [0, 0.1) is 11.8 Å². The largest absolute Gasteiger partial charge is 0.492 e. The normalized spacial score (nSPS) is 10.2. The number of rotatable bonds is 6. The van der Waals surface area contributed by atoms with E-state index in [0.29, 0.717) is 12.3 Å². The van der Waals surface area contributed by atoms with Gasteiger partial charge in [-0.25, -0.2) is 0 Å². The second kappa shape index (κ2) is 8.60. The smallest absolute Gasteiger partial charge is 0.135 e. The second-order valence-corrected chi connectivity index (χ2v) is 5.33. The Morgan fingerprint density at radius 2 is 1.95 bits per heavy atom. The van der Waals surface area contributed by atoms with E-state index >= 15 is 0 Å². The molecule has 2 rings (SSSR count). The maximum atomic E-state index is 5.94. The number of fused-ring (bicyclic) bond motifs is 1. The Balaban J connectivity index is 2.30. The Hall–Kier alpha value is -1.65. The molecule has 0 aromatic heterocycles. The quantitative estimate of drug-likeness (QED) is 0.395. The van der Waals surface area contributed by atoms with Gasteiger partial charge in [-0.05, 0) is 17.9 Å². The molecule has 0 heterocycles. The lowest BCUT2D eigenvalue weighted by atomic mass is 10.0. The molecule has 0 atom stereocenters. The van der Waals surface area contributed by atoms with Gasteiger partial charge in [-0.2, -0.15) is 0 Å². The van der Waals surface area contributed by atoms with Crippen molar-refractivity contribution in [3.63, 3.8) is 0 Å². The minimum atomic E-state index is 0.560. The highest BCUT2D eigenvalue weighted by molar-refractivity contribution is 6.18. The molecule has 2 heteroatoms. The summed E-state index contributed by atoms with van der Waals surface area (Å²) in [5, 5.41) is 2.33. The number of hydrogen-bond acceptors (Lipinski definition) is 1. The van der Waals surface area contributed by atoms with Crippen molar-refractivity contribution < 1.29 is 4.74 Å². The monoisotopic (exact) mass is 300 g/mol. The second-order valence-electron chi connectivity index (χ2n) is 4.96. The van der Waals surface area contributed by atoms with Crippen LogP contribution in [0.4, 0.5) is 0 Å². The first-order chi connectivity index (χ1) is 10.4. The van der Waals surface area contributed by atoms with Gasteiger partial charge in [0.05, 0.1) is 12.2 Å². The van der Waals surface area contributed by atoms with Crippen LogP contribution in [0.15, 0.2) is 36.4 Å². The topological polar surface area (TPSA) is 9.23 Å². The van der Waals surface area contributed by atoms with Crippen molar-refractivity contribution in [2.24, 2.45) is 0 Å². The van der Waals surface area contributed by atoms with E-state index in [1.807, 2.05) is 18.2 Å². The third kappa shape index (κ3) is 4.41. The first kappa shape index (κ1) is 15.7. The van der Waals surface area contributed by atoms with Gasteiger partial charge in [-0.3, -0.25) is 0 Å². The molecule has 0 saturated heterocycles. The van der Waals surface area contributed by atoms with Crippen molar-refractivity contribution >= 4 is 22.4 Å². The maximum Gasteiger partial charge on any atom is 0.135 e. The number of benzene rings is 2. The fourth-order valence-corrected chi connectivity index (χ4v) is 2.33. The van der Waals surface area contributed by atoms with Crippen molar-refractivity contribution in [2.45, 2.75) is 32.6 Å². The minimum absolute atomic E-state index is 0.560. The molecule has 2 aromatic rings. The van der Waals surface area contributed by atoms with Gasteiger partial charge in [-0.1, -0.05) is 61.9 Å². The molecule has 0 aliphatic heterocycles. The van der Waals surface area contributed by atoms with E-state index < -0.39 is 0 Å². The van der Waals surface area contributed by atoms with Crippen molar-refractivity contribution in [1.29, 1.82) is 0 Å². The third-order valence-electron chi connectivity index (χ3n) is 3.33. The summed E-state index contributed by atoms with van der Waals surface area (Å²) in [6.45, 7) is 2.94. The Kier molecular flexibility index (Phi) is 6.44. The molecule has 0 fully saturated rings. The lowest BCUT2D eigenvalue weighted by Crippen LogP contribution is -1.99. The van der Waals surface area contributed by atoms with E-state index in [1.165, 1.54) is 18.2 Å². The van der Waals surface area contributed by atoms with Crippen LogP contribution in [0.3, 0.4) is 0 Å². The van der Waals surface area contributed by atoms with Gasteiger partial charge in [-0.15, -0.1) is 11.6 Å². The molecule has 110 valence electrons.